The van der Waals surface area contributed by atoms with Crippen LogP contribution in [0.2, 0.25) is 0 Å². The minimum atomic E-state index is -3.52. The zero-order chi connectivity index (χ0) is 13.1. The van der Waals surface area contributed by atoms with Crippen LogP contribution < -0.4 is 10.5 Å². The number of hydrogen-bond donors (Lipinski definition) is 3. The van der Waals surface area contributed by atoms with Gasteiger partial charge in [0.1, 0.15) is 0 Å². The molecule has 5 nitrogen and oxygen atoms in total. The summed E-state index contributed by atoms with van der Waals surface area (Å²) >= 11 is 0. The van der Waals surface area contributed by atoms with Crippen molar-refractivity contribution in [2.45, 2.75) is 31.3 Å². The Morgan fingerprint density at radius 1 is 1.47 bits per heavy atom. The van der Waals surface area contributed by atoms with Crippen LogP contribution in [0.3, 0.4) is 0 Å². The molecule has 0 bridgehead atoms. The molecule has 0 saturated carbocycles. The Hall–Kier alpha value is -1.11. The van der Waals surface area contributed by atoms with Crippen LogP contribution in [0, 0.1) is 6.92 Å². The maximum absolute atomic E-state index is 11.9. The number of sulfonamides is 1. The topological polar surface area (TPSA) is 92.4 Å². The van der Waals surface area contributed by atoms with Crippen molar-refractivity contribution in [1.82, 2.24) is 4.72 Å². The molecule has 6 heteroatoms. The van der Waals surface area contributed by atoms with Crippen molar-refractivity contribution in [3.63, 3.8) is 0 Å². The maximum Gasteiger partial charge on any atom is 0.240 e. The van der Waals surface area contributed by atoms with Gasteiger partial charge in [0.05, 0.1) is 11.0 Å². The second-order valence-electron chi connectivity index (χ2n) is 4.06. The van der Waals surface area contributed by atoms with E-state index in [0.29, 0.717) is 17.7 Å². The molecule has 4 N–H and O–H groups in total. The van der Waals surface area contributed by atoms with Crippen LogP contribution >= 0.6 is 0 Å². The summed E-state index contributed by atoms with van der Waals surface area (Å²) in [5, 5.41) is 9.06. The SMILES string of the molecule is Cc1cc(N)ccc1S(=O)(=O)NCCC(C)O. The van der Waals surface area contributed by atoms with E-state index in [9.17, 15) is 8.42 Å². The molecule has 1 rings (SSSR count). The predicted octanol–water partition coefficient (Wildman–Crippen LogP) is 0.626. The van der Waals surface area contributed by atoms with Crippen molar-refractivity contribution >= 4 is 15.7 Å². The normalized spacial score (nSPS) is 13.6. The number of nitrogens with two attached hydrogens (primary N) is 1. The first-order valence-corrected chi connectivity index (χ1v) is 6.85. The van der Waals surface area contributed by atoms with Gasteiger partial charge in [-0.25, -0.2) is 13.1 Å². The van der Waals surface area contributed by atoms with Crippen molar-refractivity contribution < 1.29 is 13.5 Å². The van der Waals surface area contributed by atoms with Crippen molar-refractivity contribution in [2.75, 3.05) is 12.3 Å². The summed E-state index contributed by atoms with van der Waals surface area (Å²) < 4.78 is 26.3. The molecule has 0 aliphatic heterocycles. The lowest BCUT2D eigenvalue weighted by molar-refractivity contribution is 0.186. The van der Waals surface area contributed by atoms with E-state index in [1.165, 1.54) is 6.07 Å². The van der Waals surface area contributed by atoms with Gasteiger partial charge in [0.25, 0.3) is 0 Å². The zero-order valence-corrected chi connectivity index (χ0v) is 10.8. The lowest BCUT2D eigenvalue weighted by Gasteiger charge is -2.10. The van der Waals surface area contributed by atoms with Gasteiger partial charge < -0.3 is 10.8 Å². The lowest BCUT2D eigenvalue weighted by Crippen LogP contribution is -2.27. The first-order chi connectivity index (χ1) is 7.83. The second kappa shape index (κ2) is 5.48. The molecule has 0 radical (unpaired) electrons. The number of aryl methyl sites for hydroxylation is 1. The van der Waals surface area contributed by atoms with Crippen molar-refractivity contribution in [2.24, 2.45) is 0 Å². The summed E-state index contributed by atoms with van der Waals surface area (Å²) in [6.07, 6.45) is -0.141. The Kier molecular flexibility index (Phi) is 4.50. The van der Waals surface area contributed by atoms with Gasteiger partial charge in [-0.3, -0.25) is 0 Å². The fourth-order valence-corrected chi connectivity index (χ4v) is 2.73. The van der Waals surface area contributed by atoms with Crippen LogP contribution in [-0.4, -0.2) is 26.2 Å². The summed E-state index contributed by atoms with van der Waals surface area (Å²) in [6, 6.07) is 4.65. The highest BCUT2D eigenvalue weighted by Crippen LogP contribution is 2.17. The quantitative estimate of drug-likeness (QED) is 0.675. The van der Waals surface area contributed by atoms with Crippen molar-refractivity contribution in [3.05, 3.63) is 23.8 Å². The molecule has 0 amide bonds. The Labute approximate surface area is 102 Å². The average Bonchev–Trinajstić information content (AvgIpc) is 2.15. The first-order valence-electron chi connectivity index (χ1n) is 5.37. The van der Waals surface area contributed by atoms with E-state index in [-0.39, 0.29) is 11.4 Å². The molecule has 1 atom stereocenters. The summed E-state index contributed by atoms with van der Waals surface area (Å²) in [5.41, 5.74) is 6.70. The Morgan fingerprint density at radius 2 is 2.12 bits per heavy atom. The predicted molar refractivity (Wildman–Crippen MR) is 67.1 cm³/mol. The van der Waals surface area contributed by atoms with E-state index in [1.54, 1.807) is 26.0 Å². The fourth-order valence-electron chi connectivity index (χ4n) is 1.45. The number of anilines is 1. The van der Waals surface area contributed by atoms with Crippen molar-refractivity contribution in [1.29, 1.82) is 0 Å². The minimum Gasteiger partial charge on any atom is -0.399 e. The van der Waals surface area contributed by atoms with Crippen LogP contribution in [0.1, 0.15) is 18.9 Å². The van der Waals surface area contributed by atoms with Crippen LogP contribution in [0.5, 0.6) is 0 Å². The monoisotopic (exact) mass is 258 g/mol. The molecule has 0 aliphatic carbocycles. The van der Waals surface area contributed by atoms with Gasteiger partial charge in [-0.2, -0.15) is 0 Å². The molecule has 0 spiro atoms. The number of aliphatic hydroxyl groups excluding tert-OH is 1. The molecule has 0 fully saturated rings. The van der Waals surface area contributed by atoms with Crippen molar-refractivity contribution in [3.8, 4) is 0 Å². The molecule has 0 aliphatic rings. The summed E-state index contributed by atoms with van der Waals surface area (Å²) in [7, 11) is -3.52. The van der Waals surface area contributed by atoms with Gasteiger partial charge in [0, 0.05) is 12.2 Å². The molecule has 1 aromatic carbocycles. The third-order valence-corrected chi connectivity index (χ3v) is 3.96. The molecule has 0 aromatic heterocycles. The Balaban J connectivity index is 2.83. The first kappa shape index (κ1) is 14.0. The molecular formula is C11H18N2O3S. The van der Waals surface area contributed by atoms with Gasteiger partial charge >= 0.3 is 0 Å². The van der Waals surface area contributed by atoms with E-state index >= 15 is 0 Å². The second-order valence-corrected chi connectivity index (χ2v) is 5.80. The van der Waals surface area contributed by atoms with Gasteiger partial charge in [0.15, 0.2) is 0 Å². The summed E-state index contributed by atoms with van der Waals surface area (Å²) in [5.74, 6) is 0. The van der Waals surface area contributed by atoms with Gasteiger partial charge in [-0.15, -0.1) is 0 Å². The molecule has 0 heterocycles. The smallest absolute Gasteiger partial charge is 0.240 e. The molecular weight excluding hydrogens is 240 g/mol. The highest BCUT2D eigenvalue weighted by Gasteiger charge is 2.16. The summed E-state index contributed by atoms with van der Waals surface area (Å²) in [6.45, 7) is 3.52. The number of aliphatic hydroxyl groups is 1. The maximum atomic E-state index is 11.9. The van der Waals surface area contributed by atoms with E-state index in [1.807, 2.05) is 0 Å². The molecule has 0 saturated heterocycles. The third-order valence-electron chi connectivity index (χ3n) is 2.34. The van der Waals surface area contributed by atoms with Gasteiger partial charge in [0.2, 0.25) is 10.0 Å². The number of hydrogen-bond acceptors (Lipinski definition) is 4. The van der Waals surface area contributed by atoms with Gasteiger partial charge in [-0.05, 0) is 44.0 Å². The minimum absolute atomic E-state index is 0.212. The molecule has 1 aromatic rings. The van der Waals surface area contributed by atoms with Crippen LogP contribution in [0.15, 0.2) is 23.1 Å². The standard InChI is InChI=1S/C11H18N2O3S/c1-8-7-10(12)3-4-11(8)17(15,16)13-6-5-9(2)14/h3-4,7,9,13-14H,5-6,12H2,1-2H3. The molecule has 1 unspecified atom stereocenters. The van der Waals surface area contributed by atoms with E-state index in [2.05, 4.69) is 4.72 Å². The van der Waals surface area contributed by atoms with Crippen LogP contribution in [0.4, 0.5) is 5.69 Å². The van der Waals surface area contributed by atoms with E-state index in [0.717, 1.165) is 0 Å². The average molecular weight is 258 g/mol. The highest BCUT2D eigenvalue weighted by molar-refractivity contribution is 7.89. The van der Waals surface area contributed by atoms with E-state index < -0.39 is 16.1 Å². The van der Waals surface area contributed by atoms with Gasteiger partial charge in [-0.1, -0.05) is 0 Å². The van der Waals surface area contributed by atoms with E-state index in [4.69, 9.17) is 10.8 Å². The number of nitrogen functional groups attached to an aromatic ring is 1. The van der Waals surface area contributed by atoms with Crippen LogP contribution in [-0.2, 0) is 10.0 Å². The Bertz CT molecular complexity index is 483. The molecule has 17 heavy (non-hydrogen) atoms. The molecule has 96 valence electrons. The van der Waals surface area contributed by atoms with Crippen LogP contribution in [0.25, 0.3) is 0 Å². The third kappa shape index (κ3) is 3.99. The number of nitrogens with one attached hydrogen (secondary N) is 1. The lowest BCUT2D eigenvalue weighted by atomic mass is 10.2. The Morgan fingerprint density at radius 3 is 2.65 bits per heavy atom. The largest absolute Gasteiger partial charge is 0.399 e. The highest BCUT2D eigenvalue weighted by atomic mass is 32.2. The fraction of sp³-hybridized carbons (Fsp3) is 0.455. The number of benzene rings is 1. The number of rotatable bonds is 5. The zero-order valence-electron chi connectivity index (χ0n) is 9.97. The summed E-state index contributed by atoms with van der Waals surface area (Å²) in [4.78, 5) is 0.220.